The van der Waals surface area contributed by atoms with E-state index in [0.717, 1.165) is 24.4 Å². The van der Waals surface area contributed by atoms with Crippen molar-refractivity contribution in [3.05, 3.63) is 23.8 Å². The maximum Gasteiger partial charge on any atom is 0.303 e. The first-order valence-electron chi connectivity index (χ1n) is 6.68. The van der Waals surface area contributed by atoms with Crippen molar-refractivity contribution in [3.8, 4) is 5.75 Å². The van der Waals surface area contributed by atoms with Gasteiger partial charge in [0, 0.05) is 18.7 Å². The minimum absolute atomic E-state index is 0.238. The normalized spacial score (nSPS) is 10.5. The van der Waals surface area contributed by atoms with Crippen LogP contribution in [-0.4, -0.2) is 24.7 Å². The van der Waals surface area contributed by atoms with Crippen LogP contribution >= 0.6 is 0 Å². The number of anilines is 1. The SMILES string of the molecule is COc1ccc(NCCCCC(=O)O)cc1C(C)C. The molecule has 1 rings (SSSR count). The highest BCUT2D eigenvalue weighted by Gasteiger charge is 2.08. The van der Waals surface area contributed by atoms with E-state index in [-0.39, 0.29) is 6.42 Å². The maximum absolute atomic E-state index is 10.4. The Hall–Kier alpha value is -1.71. The average molecular weight is 265 g/mol. The quantitative estimate of drug-likeness (QED) is 0.706. The third-order valence-electron chi connectivity index (χ3n) is 3.00. The Morgan fingerprint density at radius 3 is 2.68 bits per heavy atom. The minimum atomic E-state index is -0.730. The van der Waals surface area contributed by atoms with Gasteiger partial charge in [-0.1, -0.05) is 13.8 Å². The van der Waals surface area contributed by atoms with E-state index < -0.39 is 5.97 Å². The van der Waals surface area contributed by atoms with Gasteiger partial charge in [0.2, 0.25) is 0 Å². The predicted molar refractivity (Wildman–Crippen MR) is 77.1 cm³/mol. The predicted octanol–water partition coefficient (Wildman–Crippen LogP) is 3.49. The van der Waals surface area contributed by atoms with Gasteiger partial charge >= 0.3 is 5.97 Å². The fraction of sp³-hybridized carbons (Fsp3) is 0.533. The standard InChI is InChI=1S/C15H23NO3/c1-11(2)13-10-12(7-8-14(13)19-3)16-9-5-4-6-15(17)18/h7-8,10-11,16H,4-6,9H2,1-3H3,(H,17,18). The van der Waals surface area contributed by atoms with E-state index in [9.17, 15) is 4.79 Å². The number of nitrogens with one attached hydrogen (secondary N) is 1. The first-order chi connectivity index (χ1) is 9.04. The third-order valence-corrected chi connectivity index (χ3v) is 3.00. The summed E-state index contributed by atoms with van der Waals surface area (Å²) in [5, 5.41) is 11.9. The van der Waals surface area contributed by atoms with Crippen LogP contribution in [0.25, 0.3) is 0 Å². The van der Waals surface area contributed by atoms with Gasteiger partial charge in [-0.25, -0.2) is 0 Å². The van der Waals surface area contributed by atoms with Crippen molar-refractivity contribution >= 4 is 11.7 Å². The van der Waals surface area contributed by atoms with Gasteiger partial charge in [-0.05, 0) is 42.5 Å². The highest BCUT2D eigenvalue weighted by atomic mass is 16.5. The molecule has 0 aliphatic heterocycles. The first kappa shape index (κ1) is 15.3. The fourth-order valence-corrected chi connectivity index (χ4v) is 1.93. The molecule has 1 aromatic carbocycles. The molecule has 0 aliphatic rings. The number of methoxy groups -OCH3 is 1. The summed E-state index contributed by atoms with van der Waals surface area (Å²) in [4.78, 5) is 10.4. The summed E-state index contributed by atoms with van der Waals surface area (Å²) >= 11 is 0. The van der Waals surface area contributed by atoms with Gasteiger partial charge in [-0.3, -0.25) is 4.79 Å². The smallest absolute Gasteiger partial charge is 0.303 e. The van der Waals surface area contributed by atoms with E-state index in [4.69, 9.17) is 9.84 Å². The van der Waals surface area contributed by atoms with Gasteiger partial charge in [-0.15, -0.1) is 0 Å². The van der Waals surface area contributed by atoms with Crippen LogP contribution < -0.4 is 10.1 Å². The Labute approximate surface area is 114 Å². The van der Waals surface area contributed by atoms with Crippen LogP contribution in [0.4, 0.5) is 5.69 Å². The Kier molecular flexibility index (Phi) is 6.19. The van der Waals surface area contributed by atoms with Crippen LogP contribution in [0.1, 0.15) is 44.6 Å². The zero-order chi connectivity index (χ0) is 14.3. The van der Waals surface area contributed by atoms with Gasteiger partial charge in [0.15, 0.2) is 0 Å². The molecule has 0 heterocycles. The summed E-state index contributed by atoms with van der Waals surface area (Å²) in [6, 6.07) is 6.05. The molecule has 0 saturated carbocycles. The Balaban J connectivity index is 2.50. The molecule has 0 amide bonds. The Bertz CT molecular complexity index is 416. The molecule has 2 N–H and O–H groups in total. The molecule has 0 atom stereocenters. The lowest BCUT2D eigenvalue weighted by molar-refractivity contribution is -0.137. The molecule has 0 fully saturated rings. The van der Waals surface area contributed by atoms with Crippen molar-refractivity contribution in [2.75, 3.05) is 19.0 Å². The summed E-state index contributed by atoms with van der Waals surface area (Å²) in [5.74, 6) is 0.585. The van der Waals surface area contributed by atoms with Crippen LogP contribution in [0.2, 0.25) is 0 Å². The molecule has 1 aromatic rings. The highest BCUT2D eigenvalue weighted by Crippen LogP contribution is 2.29. The Morgan fingerprint density at radius 2 is 2.11 bits per heavy atom. The number of ether oxygens (including phenoxy) is 1. The molecular formula is C15H23NO3. The second kappa shape index (κ2) is 7.67. The van der Waals surface area contributed by atoms with Gasteiger partial charge in [0.1, 0.15) is 5.75 Å². The number of carboxylic acids is 1. The van der Waals surface area contributed by atoms with E-state index in [1.807, 2.05) is 12.1 Å². The maximum atomic E-state index is 10.4. The van der Waals surface area contributed by atoms with Gasteiger partial charge < -0.3 is 15.2 Å². The lowest BCUT2D eigenvalue weighted by Crippen LogP contribution is -2.04. The molecule has 19 heavy (non-hydrogen) atoms. The topological polar surface area (TPSA) is 58.6 Å². The molecular weight excluding hydrogens is 242 g/mol. The molecule has 4 nitrogen and oxygen atoms in total. The molecule has 0 unspecified atom stereocenters. The molecule has 0 aliphatic carbocycles. The number of carboxylic acid groups (broad SMARTS) is 1. The summed E-state index contributed by atoms with van der Waals surface area (Å²) in [6.07, 6.45) is 1.80. The van der Waals surface area contributed by atoms with Crippen molar-refractivity contribution in [1.29, 1.82) is 0 Å². The Morgan fingerprint density at radius 1 is 1.37 bits per heavy atom. The summed E-state index contributed by atoms with van der Waals surface area (Å²) < 4.78 is 5.34. The number of unbranched alkanes of at least 4 members (excludes halogenated alkanes) is 1. The summed E-state index contributed by atoms with van der Waals surface area (Å²) in [7, 11) is 1.68. The van der Waals surface area contributed by atoms with Gasteiger partial charge in [-0.2, -0.15) is 0 Å². The van der Waals surface area contributed by atoms with Crippen LogP contribution in [0.5, 0.6) is 5.75 Å². The van der Waals surface area contributed by atoms with Gasteiger partial charge in [0.25, 0.3) is 0 Å². The van der Waals surface area contributed by atoms with Crippen molar-refractivity contribution < 1.29 is 14.6 Å². The third kappa shape index (κ3) is 5.20. The number of hydrogen-bond acceptors (Lipinski definition) is 3. The largest absolute Gasteiger partial charge is 0.496 e. The minimum Gasteiger partial charge on any atom is -0.496 e. The highest BCUT2D eigenvalue weighted by molar-refractivity contribution is 5.66. The monoisotopic (exact) mass is 265 g/mol. The zero-order valence-corrected chi connectivity index (χ0v) is 11.9. The molecule has 106 valence electrons. The van der Waals surface area contributed by atoms with E-state index in [0.29, 0.717) is 12.3 Å². The van der Waals surface area contributed by atoms with Crippen molar-refractivity contribution in [2.45, 2.75) is 39.0 Å². The second-order valence-corrected chi connectivity index (χ2v) is 4.89. The molecule has 0 radical (unpaired) electrons. The molecule has 4 heteroatoms. The number of aliphatic carboxylic acids is 1. The van der Waals surface area contributed by atoms with Crippen LogP contribution in [0.15, 0.2) is 18.2 Å². The number of carbonyl (C=O) groups is 1. The van der Waals surface area contributed by atoms with E-state index in [1.165, 1.54) is 5.56 Å². The summed E-state index contributed by atoms with van der Waals surface area (Å²) in [5.41, 5.74) is 2.23. The molecule has 0 bridgehead atoms. The lowest BCUT2D eigenvalue weighted by atomic mass is 10.0. The number of benzene rings is 1. The van der Waals surface area contributed by atoms with E-state index >= 15 is 0 Å². The number of hydrogen-bond donors (Lipinski definition) is 2. The van der Waals surface area contributed by atoms with Crippen LogP contribution in [0, 0.1) is 0 Å². The van der Waals surface area contributed by atoms with Crippen LogP contribution in [-0.2, 0) is 4.79 Å². The van der Waals surface area contributed by atoms with E-state index in [1.54, 1.807) is 7.11 Å². The molecule has 0 aromatic heterocycles. The van der Waals surface area contributed by atoms with E-state index in [2.05, 4.69) is 25.2 Å². The van der Waals surface area contributed by atoms with Crippen molar-refractivity contribution in [1.82, 2.24) is 0 Å². The van der Waals surface area contributed by atoms with Gasteiger partial charge in [0.05, 0.1) is 7.11 Å². The lowest BCUT2D eigenvalue weighted by Gasteiger charge is -2.14. The zero-order valence-electron chi connectivity index (χ0n) is 11.9. The number of rotatable bonds is 8. The summed E-state index contributed by atoms with van der Waals surface area (Å²) in [6.45, 7) is 5.06. The first-order valence-corrected chi connectivity index (χ1v) is 6.68. The average Bonchev–Trinajstić information content (AvgIpc) is 2.37. The molecule has 0 saturated heterocycles. The van der Waals surface area contributed by atoms with Crippen molar-refractivity contribution in [2.24, 2.45) is 0 Å². The molecule has 0 spiro atoms. The fourth-order valence-electron chi connectivity index (χ4n) is 1.93. The van der Waals surface area contributed by atoms with Crippen molar-refractivity contribution in [3.63, 3.8) is 0 Å². The van der Waals surface area contributed by atoms with Crippen LogP contribution in [0.3, 0.4) is 0 Å². The second-order valence-electron chi connectivity index (χ2n) is 4.89.